The quantitative estimate of drug-likeness (QED) is 0.767. The van der Waals surface area contributed by atoms with Gasteiger partial charge in [0.25, 0.3) is 0 Å². The topological polar surface area (TPSA) is 64.6 Å². The summed E-state index contributed by atoms with van der Waals surface area (Å²) in [7, 11) is 0. The van der Waals surface area contributed by atoms with Gasteiger partial charge in [-0.2, -0.15) is 0 Å². The second-order valence-electron chi connectivity index (χ2n) is 5.51. The zero-order valence-electron chi connectivity index (χ0n) is 13.5. The molecule has 1 fully saturated rings. The van der Waals surface area contributed by atoms with Crippen LogP contribution in [-0.4, -0.2) is 53.2 Å². The fourth-order valence-corrected chi connectivity index (χ4v) is 2.58. The van der Waals surface area contributed by atoms with Gasteiger partial charge in [0.05, 0.1) is 30.1 Å². The van der Waals surface area contributed by atoms with E-state index in [1.54, 1.807) is 35.6 Å². The third kappa shape index (κ3) is 5.27. The summed E-state index contributed by atoms with van der Waals surface area (Å²) < 4.78 is 11.3. The fraction of sp³-hybridized carbons (Fsp3) is 0.278. The van der Waals surface area contributed by atoms with Crippen LogP contribution in [-0.2, 0) is 9.53 Å². The number of hydrogen-bond acceptors (Lipinski definition) is 5. The van der Waals surface area contributed by atoms with Gasteiger partial charge < -0.3 is 14.4 Å². The van der Waals surface area contributed by atoms with Crippen molar-refractivity contribution in [2.75, 3.05) is 26.3 Å². The van der Waals surface area contributed by atoms with Crippen molar-refractivity contribution in [3.8, 4) is 5.75 Å². The standard InChI is InChI=1S/C18H18ClN3O3/c19-14-9-16(11-20-10-14)25-13-17-12-22(7-8-24-17)18(23)5-4-15-3-1-2-6-21-15/h1-6,9-11,17H,7-8,12-13H2/b5-4+. The molecule has 0 saturated carbocycles. The second-order valence-corrected chi connectivity index (χ2v) is 5.95. The molecule has 0 spiro atoms. The summed E-state index contributed by atoms with van der Waals surface area (Å²) in [5.74, 6) is 0.512. The zero-order valence-corrected chi connectivity index (χ0v) is 14.3. The number of pyridine rings is 2. The smallest absolute Gasteiger partial charge is 0.246 e. The molecule has 1 saturated heterocycles. The van der Waals surface area contributed by atoms with Crippen molar-refractivity contribution in [1.82, 2.24) is 14.9 Å². The molecule has 0 aromatic carbocycles. The Morgan fingerprint density at radius 3 is 3.16 bits per heavy atom. The van der Waals surface area contributed by atoms with Crippen molar-refractivity contribution < 1.29 is 14.3 Å². The largest absolute Gasteiger partial charge is 0.489 e. The van der Waals surface area contributed by atoms with E-state index in [4.69, 9.17) is 21.1 Å². The Kier molecular flexibility index (Phi) is 5.98. The van der Waals surface area contributed by atoms with Gasteiger partial charge in [-0.15, -0.1) is 0 Å². The highest BCUT2D eigenvalue weighted by Gasteiger charge is 2.23. The Hall–Kier alpha value is -2.44. The number of morpholine rings is 1. The lowest BCUT2D eigenvalue weighted by atomic mass is 10.2. The number of nitrogens with zero attached hydrogens (tertiary/aromatic N) is 3. The van der Waals surface area contributed by atoms with E-state index in [0.29, 0.717) is 37.1 Å². The third-order valence-electron chi connectivity index (χ3n) is 3.65. The molecule has 1 aliphatic heterocycles. The van der Waals surface area contributed by atoms with Gasteiger partial charge in [0.15, 0.2) is 0 Å². The normalized spacial score (nSPS) is 17.6. The summed E-state index contributed by atoms with van der Waals surface area (Å²) >= 11 is 5.88. The van der Waals surface area contributed by atoms with Crippen LogP contribution in [0.3, 0.4) is 0 Å². The predicted molar refractivity (Wildman–Crippen MR) is 94.3 cm³/mol. The number of hydrogen-bond donors (Lipinski definition) is 0. The molecule has 7 heteroatoms. The SMILES string of the molecule is O=C(/C=C/c1ccccn1)N1CCOC(COc2cncc(Cl)c2)C1. The van der Waals surface area contributed by atoms with Crippen LogP contribution in [0.4, 0.5) is 0 Å². The molecule has 2 aromatic heterocycles. The lowest BCUT2D eigenvalue weighted by Crippen LogP contribution is -2.47. The van der Waals surface area contributed by atoms with E-state index < -0.39 is 0 Å². The molecular weight excluding hydrogens is 342 g/mol. The van der Waals surface area contributed by atoms with E-state index in [9.17, 15) is 4.79 Å². The van der Waals surface area contributed by atoms with Crippen LogP contribution in [0.25, 0.3) is 6.08 Å². The summed E-state index contributed by atoms with van der Waals surface area (Å²) in [5.41, 5.74) is 0.748. The molecule has 0 N–H and O–H groups in total. The molecule has 3 rings (SSSR count). The van der Waals surface area contributed by atoms with Crippen LogP contribution in [0.15, 0.2) is 48.9 Å². The van der Waals surface area contributed by atoms with E-state index in [1.165, 1.54) is 6.08 Å². The molecule has 1 unspecified atom stereocenters. The van der Waals surface area contributed by atoms with Gasteiger partial charge in [0.2, 0.25) is 5.91 Å². The van der Waals surface area contributed by atoms with Crippen molar-refractivity contribution in [2.24, 2.45) is 0 Å². The molecule has 6 nitrogen and oxygen atoms in total. The maximum atomic E-state index is 12.3. The molecule has 0 aliphatic carbocycles. The zero-order chi connectivity index (χ0) is 17.5. The highest BCUT2D eigenvalue weighted by Crippen LogP contribution is 2.16. The van der Waals surface area contributed by atoms with Gasteiger partial charge in [-0.25, -0.2) is 0 Å². The van der Waals surface area contributed by atoms with E-state index in [1.807, 2.05) is 18.2 Å². The second kappa shape index (κ2) is 8.60. The van der Waals surface area contributed by atoms with Crippen molar-refractivity contribution in [1.29, 1.82) is 0 Å². The summed E-state index contributed by atoms with van der Waals surface area (Å²) in [5, 5.41) is 0.513. The van der Waals surface area contributed by atoms with Gasteiger partial charge in [0, 0.05) is 31.1 Å². The molecule has 3 heterocycles. The maximum absolute atomic E-state index is 12.3. The average Bonchev–Trinajstić information content (AvgIpc) is 2.65. The van der Waals surface area contributed by atoms with Crippen LogP contribution >= 0.6 is 11.6 Å². The van der Waals surface area contributed by atoms with Crippen LogP contribution in [0.5, 0.6) is 5.75 Å². The summed E-state index contributed by atoms with van der Waals surface area (Å²) in [6.07, 6.45) is 7.87. The highest BCUT2D eigenvalue weighted by atomic mass is 35.5. The maximum Gasteiger partial charge on any atom is 0.246 e. The van der Waals surface area contributed by atoms with Gasteiger partial charge in [-0.1, -0.05) is 17.7 Å². The molecular formula is C18H18ClN3O3. The van der Waals surface area contributed by atoms with Crippen molar-refractivity contribution in [2.45, 2.75) is 6.10 Å². The average molecular weight is 360 g/mol. The van der Waals surface area contributed by atoms with E-state index in [2.05, 4.69) is 9.97 Å². The molecule has 1 aliphatic rings. The number of carbonyl (C=O) groups is 1. The Morgan fingerprint density at radius 1 is 1.44 bits per heavy atom. The third-order valence-corrected chi connectivity index (χ3v) is 3.86. The fourth-order valence-electron chi connectivity index (χ4n) is 2.42. The van der Waals surface area contributed by atoms with E-state index in [-0.39, 0.29) is 12.0 Å². The number of amides is 1. The van der Waals surface area contributed by atoms with Gasteiger partial charge in [-0.3, -0.25) is 14.8 Å². The number of rotatable bonds is 5. The summed E-state index contributed by atoms with van der Waals surface area (Å²) in [4.78, 5) is 22.2. The molecule has 130 valence electrons. The molecule has 2 aromatic rings. The Balaban J connectivity index is 1.52. The first kappa shape index (κ1) is 17.4. The van der Waals surface area contributed by atoms with Gasteiger partial charge in [-0.05, 0) is 18.2 Å². The summed E-state index contributed by atoms with van der Waals surface area (Å²) in [6, 6.07) is 7.25. The molecule has 0 bridgehead atoms. The van der Waals surface area contributed by atoms with E-state index >= 15 is 0 Å². The van der Waals surface area contributed by atoms with Crippen molar-refractivity contribution in [3.05, 3.63) is 59.6 Å². The first-order valence-electron chi connectivity index (χ1n) is 7.94. The van der Waals surface area contributed by atoms with Crippen molar-refractivity contribution in [3.63, 3.8) is 0 Å². The number of aromatic nitrogens is 2. The first-order chi connectivity index (χ1) is 12.2. The number of carbonyl (C=O) groups excluding carboxylic acids is 1. The van der Waals surface area contributed by atoms with Crippen LogP contribution in [0.2, 0.25) is 5.02 Å². The minimum Gasteiger partial charge on any atom is -0.489 e. The predicted octanol–water partition coefficient (Wildman–Crippen LogP) is 2.45. The van der Waals surface area contributed by atoms with Gasteiger partial charge in [0.1, 0.15) is 18.5 Å². The first-order valence-corrected chi connectivity index (χ1v) is 8.31. The lowest BCUT2D eigenvalue weighted by molar-refractivity contribution is -0.134. The van der Waals surface area contributed by atoms with Gasteiger partial charge >= 0.3 is 0 Å². The Labute approximate surface area is 151 Å². The highest BCUT2D eigenvalue weighted by molar-refractivity contribution is 6.30. The molecule has 1 amide bonds. The minimum absolute atomic E-state index is 0.0663. The summed E-state index contributed by atoms with van der Waals surface area (Å²) in [6.45, 7) is 1.83. The Morgan fingerprint density at radius 2 is 2.36 bits per heavy atom. The Bertz CT molecular complexity index is 739. The van der Waals surface area contributed by atoms with Crippen LogP contribution < -0.4 is 4.74 Å². The molecule has 1 atom stereocenters. The number of halogens is 1. The van der Waals surface area contributed by atoms with Crippen LogP contribution in [0, 0.1) is 0 Å². The van der Waals surface area contributed by atoms with E-state index in [0.717, 1.165) is 5.69 Å². The van der Waals surface area contributed by atoms with Crippen LogP contribution in [0.1, 0.15) is 5.69 Å². The monoisotopic (exact) mass is 359 g/mol. The molecule has 0 radical (unpaired) electrons. The van der Waals surface area contributed by atoms with Crippen molar-refractivity contribution >= 4 is 23.6 Å². The lowest BCUT2D eigenvalue weighted by Gasteiger charge is -2.32. The number of ether oxygens (including phenoxy) is 2. The molecule has 25 heavy (non-hydrogen) atoms. The minimum atomic E-state index is -0.195.